The first-order valence-corrected chi connectivity index (χ1v) is 13.5. The number of carbonyl (C=O) groups is 1. The Bertz CT molecular complexity index is 1270. The molecule has 202 valence electrons. The molecule has 0 bridgehead atoms. The fourth-order valence-electron chi connectivity index (χ4n) is 3.97. The van der Waals surface area contributed by atoms with Crippen LogP contribution >= 0.6 is 11.3 Å². The molecular formula is C27H36N8O2S. The van der Waals surface area contributed by atoms with E-state index in [0.29, 0.717) is 37.8 Å². The number of aromatic nitrogens is 1. The van der Waals surface area contributed by atoms with E-state index in [2.05, 4.69) is 31.6 Å². The second-order valence-corrected chi connectivity index (χ2v) is 11.5. The van der Waals surface area contributed by atoms with Gasteiger partial charge in [0.1, 0.15) is 17.3 Å². The van der Waals surface area contributed by atoms with Crippen molar-refractivity contribution >= 4 is 40.2 Å². The number of nitrogens with one attached hydrogen (secondary N) is 3. The normalized spacial score (nSPS) is 18.5. The third-order valence-electron chi connectivity index (χ3n) is 6.02. The topological polar surface area (TPSA) is 132 Å². The highest BCUT2D eigenvalue weighted by Crippen LogP contribution is 2.32. The van der Waals surface area contributed by atoms with Crippen LogP contribution in [-0.4, -0.2) is 59.8 Å². The van der Waals surface area contributed by atoms with Crippen LogP contribution < -0.4 is 21.3 Å². The molecule has 0 radical (unpaired) electrons. The molecule has 1 aromatic rings. The Kier molecular flexibility index (Phi) is 8.05. The number of nitrogens with two attached hydrogens (primary N) is 1. The molecule has 11 heteroatoms. The van der Waals surface area contributed by atoms with Crippen molar-refractivity contribution in [2.75, 3.05) is 31.1 Å². The minimum absolute atomic E-state index is 0.192. The fourth-order valence-corrected chi connectivity index (χ4v) is 4.92. The van der Waals surface area contributed by atoms with E-state index in [1.165, 1.54) is 6.21 Å². The van der Waals surface area contributed by atoms with Crippen molar-refractivity contribution in [3.63, 3.8) is 0 Å². The highest BCUT2D eigenvalue weighted by atomic mass is 32.1. The largest absolute Gasteiger partial charge is 0.444 e. The summed E-state index contributed by atoms with van der Waals surface area (Å²) in [6.45, 7) is 12.3. The Hall–Kier alpha value is -3.86. The van der Waals surface area contributed by atoms with Crippen molar-refractivity contribution in [2.45, 2.75) is 40.2 Å². The smallest absolute Gasteiger partial charge is 0.410 e. The van der Waals surface area contributed by atoms with Crippen LogP contribution in [0, 0.1) is 11.3 Å². The number of anilines is 1. The van der Waals surface area contributed by atoms with Gasteiger partial charge in [-0.05, 0) is 56.6 Å². The van der Waals surface area contributed by atoms with Crippen LogP contribution in [0.5, 0.6) is 0 Å². The van der Waals surface area contributed by atoms with E-state index < -0.39 is 5.60 Å². The van der Waals surface area contributed by atoms with Gasteiger partial charge in [0.25, 0.3) is 0 Å². The van der Waals surface area contributed by atoms with Gasteiger partial charge in [-0.15, -0.1) is 0 Å². The minimum atomic E-state index is -0.498. The summed E-state index contributed by atoms with van der Waals surface area (Å²) >= 11 is 1.62. The SMILES string of the molecule is CC(C)C(C=N)=CC(N)=NC1=CC=C2NC=C(c3cnc(N4CCN(C(=O)OC(C)(C)C)CC4)s3)C=C2N1. The fraction of sp³-hybridized carbons (Fsp3) is 0.407. The molecule has 1 fully saturated rings. The molecule has 38 heavy (non-hydrogen) atoms. The number of amidine groups is 1. The number of allylic oxidation sites excluding steroid dienone is 5. The first-order chi connectivity index (χ1) is 18.0. The molecule has 0 saturated carbocycles. The van der Waals surface area contributed by atoms with Crippen molar-refractivity contribution in [2.24, 2.45) is 16.6 Å². The number of piperazine rings is 1. The second-order valence-electron chi connectivity index (χ2n) is 10.5. The summed E-state index contributed by atoms with van der Waals surface area (Å²) in [4.78, 5) is 26.5. The average Bonchev–Trinajstić information content (AvgIpc) is 3.36. The molecule has 5 N–H and O–H groups in total. The number of amides is 1. The maximum Gasteiger partial charge on any atom is 0.410 e. The number of dihydropyridines is 2. The summed E-state index contributed by atoms with van der Waals surface area (Å²) in [5.41, 5.74) is 9.26. The van der Waals surface area contributed by atoms with Crippen molar-refractivity contribution in [1.29, 1.82) is 5.41 Å². The van der Waals surface area contributed by atoms with Gasteiger partial charge in [-0.1, -0.05) is 25.2 Å². The first kappa shape index (κ1) is 27.2. The van der Waals surface area contributed by atoms with Crippen LogP contribution in [0.3, 0.4) is 0 Å². The summed E-state index contributed by atoms with van der Waals surface area (Å²) in [6, 6.07) is 0. The molecule has 10 nitrogen and oxygen atoms in total. The third kappa shape index (κ3) is 6.71. The van der Waals surface area contributed by atoms with Crippen LogP contribution in [0.15, 0.2) is 64.5 Å². The lowest BCUT2D eigenvalue weighted by molar-refractivity contribution is 0.0240. The molecule has 0 unspecified atom stereocenters. The molecule has 0 aliphatic carbocycles. The number of carbonyl (C=O) groups excluding carboxylic acids is 1. The van der Waals surface area contributed by atoms with E-state index in [4.69, 9.17) is 15.9 Å². The molecule has 1 aromatic heterocycles. The summed E-state index contributed by atoms with van der Waals surface area (Å²) in [6.07, 6.45) is 12.5. The van der Waals surface area contributed by atoms with E-state index >= 15 is 0 Å². The van der Waals surface area contributed by atoms with Crippen molar-refractivity contribution in [1.82, 2.24) is 20.5 Å². The lowest BCUT2D eigenvalue weighted by Gasteiger charge is -2.35. The van der Waals surface area contributed by atoms with Gasteiger partial charge in [-0.3, -0.25) is 0 Å². The van der Waals surface area contributed by atoms with E-state index in [9.17, 15) is 4.79 Å². The molecule has 0 atom stereocenters. The predicted octanol–water partition coefficient (Wildman–Crippen LogP) is 3.95. The van der Waals surface area contributed by atoms with E-state index in [-0.39, 0.29) is 12.0 Å². The molecule has 4 heterocycles. The number of ether oxygens (including phenoxy) is 1. The molecule has 4 rings (SSSR count). The van der Waals surface area contributed by atoms with Gasteiger partial charge in [-0.25, -0.2) is 14.8 Å². The highest BCUT2D eigenvalue weighted by molar-refractivity contribution is 7.16. The number of nitrogens with zero attached hydrogens (tertiary/aromatic N) is 4. The lowest BCUT2D eigenvalue weighted by atomic mass is 10.0. The zero-order chi connectivity index (χ0) is 27.4. The van der Waals surface area contributed by atoms with Gasteiger partial charge in [0.15, 0.2) is 5.13 Å². The second kappa shape index (κ2) is 11.3. The van der Waals surface area contributed by atoms with Gasteiger partial charge in [-0.2, -0.15) is 0 Å². The van der Waals surface area contributed by atoms with Crippen molar-refractivity contribution in [3.8, 4) is 0 Å². The lowest BCUT2D eigenvalue weighted by Crippen LogP contribution is -2.50. The molecule has 0 spiro atoms. The highest BCUT2D eigenvalue weighted by Gasteiger charge is 2.27. The Morgan fingerprint density at radius 3 is 2.63 bits per heavy atom. The van der Waals surface area contributed by atoms with Gasteiger partial charge in [0.05, 0.1) is 16.3 Å². The van der Waals surface area contributed by atoms with E-state index in [1.54, 1.807) is 22.3 Å². The number of hydrogen-bond donors (Lipinski definition) is 4. The van der Waals surface area contributed by atoms with Crippen LogP contribution in [0.1, 0.15) is 39.5 Å². The molecule has 3 aliphatic rings. The summed E-state index contributed by atoms with van der Waals surface area (Å²) in [7, 11) is 0. The Morgan fingerprint density at radius 2 is 1.97 bits per heavy atom. The third-order valence-corrected chi connectivity index (χ3v) is 7.13. The van der Waals surface area contributed by atoms with Crippen LogP contribution in [0.4, 0.5) is 9.93 Å². The zero-order valence-corrected chi connectivity index (χ0v) is 23.4. The summed E-state index contributed by atoms with van der Waals surface area (Å²) < 4.78 is 5.50. The Balaban J connectivity index is 1.39. The zero-order valence-electron chi connectivity index (χ0n) is 22.5. The maximum atomic E-state index is 12.4. The van der Waals surface area contributed by atoms with Crippen LogP contribution in [0.25, 0.3) is 5.57 Å². The van der Waals surface area contributed by atoms with Gasteiger partial charge < -0.3 is 36.3 Å². The number of fused-ring (bicyclic) bond motifs is 1. The monoisotopic (exact) mass is 536 g/mol. The predicted molar refractivity (Wildman–Crippen MR) is 154 cm³/mol. The van der Waals surface area contributed by atoms with Gasteiger partial charge in [0, 0.05) is 50.4 Å². The molecule has 1 amide bonds. The maximum absolute atomic E-state index is 12.4. The first-order valence-electron chi connectivity index (χ1n) is 12.7. The van der Waals surface area contributed by atoms with Crippen LogP contribution in [-0.2, 0) is 4.74 Å². The number of thiazole rings is 1. The summed E-state index contributed by atoms with van der Waals surface area (Å²) in [5, 5.41) is 15.1. The van der Waals surface area contributed by atoms with Gasteiger partial charge >= 0.3 is 6.09 Å². The summed E-state index contributed by atoms with van der Waals surface area (Å²) in [5.74, 6) is 1.15. The number of rotatable bonds is 6. The molecule has 3 aliphatic heterocycles. The Morgan fingerprint density at radius 1 is 1.24 bits per heavy atom. The quantitative estimate of drug-likeness (QED) is 0.320. The number of hydrogen-bond acceptors (Lipinski definition) is 9. The van der Waals surface area contributed by atoms with Crippen LogP contribution in [0.2, 0.25) is 0 Å². The molecule has 0 aromatic carbocycles. The van der Waals surface area contributed by atoms with Crippen molar-refractivity contribution in [3.05, 3.63) is 64.4 Å². The minimum Gasteiger partial charge on any atom is -0.444 e. The van der Waals surface area contributed by atoms with E-state index in [0.717, 1.165) is 32.5 Å². The number of aliphatic imine (C=N–C) groups is 1. The standard InChI is InChI=1S/C27H36N8O2S/c1-17(2)18(14-28)13-23(29)33-24-7-6-20-21(32-24)12-19(15-30-20)22-16-31-25(38-22)34-8-10-35(11-9-34)26(36)37-27(3,4)5/h6-7,12-17,28,30,32H,8-11H2,1-5H3,(H2,29,33). The van der Waals surface area contributed by atoms with Crippen molar-refractivity contribution < 1.29 is 9.53 Å². The van der Waals surface area contributed by atoms with Gasteiger partial charge in [0.2, 0.25) is 0 Å². The Labute approximate surface area is 227 Å². The van der Waals surface area contributed by atoms with E-state index in [1.807, 2.05) is 59.2 Å². The molecule has 1 saturated heterocycles. The molecular weight excluding hydrogens is 500 g/mol. The average molecular weight is 537 g/mol.